The van der Waals surface area contributed by atoms with Crippen molar-refractivity contribution in [3.8, 4) is 11.3 Å². The van der Waals surface area contributed by atoms with E-state index in [0.29, 0.717) is 5.56 Å². The van der Waals surface area contributed by atoms with Crippen LogP contribution in [-0.2, 0) is 0 Å². The Morgan fingerprint density at radius 2 is 1.69 bits per heavy atom. The molecule has 0 bridgehead atoms. The summed E-state index contributed by atoms with van der Waals surface area (Å²) < 4.78 is 1.99. The van der Waals surface area contributed by atoms with Gasteiger partial charge >= 0.3 is 0 Å². The van der Waals surface area contributed by atoms with Gasteiger partial charge in [0.05, 0.1) is 5.69 Å². The lowest BCUT2D eigenvalue weighted by atomic mass is 10.0. The van der Waals surface area contributed by atoms with Gasteiger partial charge in [-0.05, 0) is 43.7 Å². The number of hydrogen-bond donors (Lipinski definition) is 1. The molecule has 4 aromatic rings. The van der Waals surface area contributed by atoms with E-state index in [9.17, 15) is 4.79 Å². The summed E-state index contributed by atoms with van der Waals surface area (Å²) >= 11 is 0. The van der Waals surface area contributed by atoms with Crippen LogP contribution in [0.4, 0.5) is 5.69 Å². The monoisotopic (exact) mass is 341 g/mol. The van der Waals surface area contributed by atoms with E-state index < -0.39 is 0 Å². The van der Waals surface area contributed by atoms with Crippen molar-refractivity contribution in [2.24, 2.45) is 0 Å². The van der Waals surface area contributed by atoms with Gasteiger partial charge in [0.1, 0.15) is 5.65 Å². The Balaban J connectivity index is 1.77. The Hall–Kier alpha value is -3.40. The molecule has 0 aliphatic carbocycles. The van der Waals surface area contributed by atoms with Crippen LogP contribution < -0.4 is 5.32 Å². The summed E-state index contributed by atoms with van der Waals surface area (Å²) in [6.45, 7) is 4.03. The number of pyridine rings is 1. The minimum atomic E-state index is -0.136. The van der Waals surface area contributed by atoms with Crippen LogP contribution in [0.15, 0.2) is 73.1 Å². The summed E-state index contributed by atoms with van der Waals surface area (Å²) in [5.74, 6) is -0.136. The van der Waals surface area contributed by atoms with Crippen LogP contribution in [0.25, 0.3) is 16.9 Å². The molecule has 0 saturated carbocycles. The van der Waals surface area contributed by atoms with Crippen molar-refractivity contribution in [1.29, 1.82) is 0 Å². The fraction of sp³-hybridized carbons (Fsp3) is 0.0909. The number of carbonyl (C=O) groups excluding carboxylic acids is 1. The molecule has 1 amide bonds. The van der Waals surface area contributed by atoms with Crippen LogP contribution in [0.3, 0.4) is 0 Å². The predicted octanol–water partition coefficient (Wildman–Crippen LogP) is 4.87. The van der Waals surface area contributed by atoms with Crippen LogP contribution in [0, 0.1) is 13.8 Å². The number of fused-ring (bicyclic) bond motifs is 1. The van der Waals surface area contributed by atoms with Gasteiger partial charge in [-0.3, -0.25) is 4.79 Å². The van der Waals surface area contributed by atoms with Crippen molar-refractivity contribution in [2.75, 3.05) is 5.32 Å². The van der Waals surface area contributed by atoms with Crippen LogP contribution in [0.5, 0.6) is 0 Å². The molecule has 0 radical (unpaired) electrons. The highest BCUT2D eigenvalue weighted by Crippen LogP contribution is 2.26. The van der Waals surface area contributed by atoms with Crippen molar-refractivity contribution >= 4 is 17.2 Å². The third kappa shape index (κ3) is 3.09. The zero-order valence-electron chi connectivity index (χ0n) is 14.7. The van der Waals surface area contributed by atoms with Gasteiger partial charge in [-0.25, -0.2) is 4.98 Å². The second-order valence-corrected chi connectivity index (χ2v) is 6.47. The van der Waals surface area contributed by atoms with Crippen molar-refractivity contribution in [3.05, 3.63) is 89.7 Å². The zero-order chi connectivity index (χ0) is 18.1. The van der Waals surface area contributed by atoms with Crippen molar-refractivity contribution < 1.29 is 4.79 Å². The normalized spacial score (nSPS) is 10.8. The molecule has 26 heavy (non-hydrogen) atoms. The van der Waals surface area contributed by atoms with E-state index >= 15 is 0 Å². The Kier molecular flexibility index (Phi) is 4.01. The van der Waals surface area contributed by atoms with E-state index in [2.05, 4.69) is 10.3 Å². The average molecular weight is 341 g/mol. The molecule has 0 atom stereocenters. The van der Waals surface area contributed by atoms with Gasteiger partial charge < -0.3 is 9.72 Å². The van der Waals surface area contributed by atoms with E-state index in [4.69, 9.17) is 0 Å². The first-order valence-electron chi connectivity index (χ1n) is 8.53. The fourth-order valence-corrected chi connectivity index (χ4v) is 3.02. The third-order valence-corrected chi connectivity index (χ3v) is 4.33. The average Bonchev–Trinajstić information content (AvgIpc) is 3.05. The summed E-state index contributed by atoms with van der Waals surface area (Å²) in [4.78, 5) is 17.6. The molecule has 0 aliphatic rings. The largest absolute Gasteiger partial charge is 0.322 e. The van der Waals surface area contributed by atoms with E-state index in [0.717, 1.165) is 33.7 Å². The molecule has 4 nitrogen and oxygen atoms in total. The van der Waals surface area contributed by atoms with Gasteiger partial charge in [0.2, 0.25) is 0 Å². The number of benzene rings is 2. The molecule has 2 aromatic carbocycles. The quantitative estimate of drug-likeness (QED) is 0.578. The second-order valence-electron chi connectivity index (χ2n) is 6.47. The molecule has 0 spiro atoms. The SMILES string of the molecule is Cc1ccc(-c2cn3cc(C)ccc3n2)c(C(=O)Nc2ccccc2)c1. The maximum absolute atomic E-state index is 12.9. The minimum Gasteiger partial charge on any atom is -0.322 e. The highest BCUT2D eigenvalue weighted by molar-refractivity contribution is 6.08. The van der Waals surface area contributed by atoms with E-state index in [1.165, 1.54) is 0 Å². The van der Waals surface area contributed by atoms with Gasteiger partial charge in [-0.15, -0.1) is 0 Å². The van der Waals surface area contributed by atoms with Crippen LogP contribution in [-0.4, -0.2) is 15.3 Å². The number of para-hydroxylation sites is 1. The fourth-order valence-electron chi connectivity index (χ4n) is 3.02. The predicted molar refractivity (Wildman–Crippen MR) is 104 cm³/mol. The number of carbonyl (C=O) groups is 1. The first-order valence-corrected chi connectivity index (χ1v) is 8.53. The zero-order valence-corrected chi connectivity index (χ0v) is 14.7. The third-order valence-electron chi connectivity index (χ3n) is 4.33. The second kappa shape index (κ2) is 6.48. The number of rotatable bonds is 3. The number of aromatic nitrogens is 2. The number of amides is 1. The number of anilines is 1. The number of nitrogens with one attached hydrogen (secondary N) is 1. The number of hydrogen-bond acceptors (Lipinski definition) is 2. The number of aryl methyl sites for hydroxylation is 2. The van der Waals surface area contributed by atoms with Gasteiger partial charge in [0.25, 0.3) is 5.91 Å². The standard InChI is InChI=1S/C22H19N3O/c1-15-8-10-18(20-14-25-13-16(2)9-11-21(25)24-20)19(12-15)22(26)23-17-6-4-3-5-7-17/h3-14H,1-2H3,(H,23,26). The molecule has 0 saturated heterocycles. The molecule has 0 aliphatic heterocycles. The molecule has 2 heterocycles. The van der Waals surface area contributed by atoms with Crippen LogP contribution in [0.1, 0.15) is 21.5 Å². The van der Waals surface area contributed by atoms with Crippen LogP contribution >= 0.6 is 0 Å². The summed E-state index contributed by atoms with van der Waals surface area (Å²) in [5, 5.41) is 2.96. The Morgan fingerprint density at radius 1 is 0.923 bits per heavy atom. The van der Waals surface area contributed by atoms with Crippen molar-refractivity contribution in [3.63, 3.8) is 0 Å². The number of imidazole rings is 1. The molecule has 1 N–H and O–H groups in total. The van der Waals surface area contributed by atoms with E-state index in [1.807, 2.05) is 91.3 Å². The lowest BCUT2D eigenvalue weighted by Gasteiger charge is -2.10. The molecule has 4 heteroatoms. The Labute approximate surface area is 152 Å². The number of nitrogens with zero attached hydrogens (tertiary/aromatic N) is 2. The Bertz CT molecular complexity index is 1100. The summed E-state index contributed by atoms with van der Waals surface area (Å²) in [6, 6.07) is 19.4. The molecule has 0 unspecified atom stereocenters. The maximum atomic E-state index is 12.9. The molecular formula is C22H19N3O. The highest BCUT2D eigenvalue weighted by atomic mass is 16.1. The molecular weight excluding hydrogens is 322 g/mol. The highest BCUT2D eigenvalue weighted by Gasteiger charge is 2.16. The topological polar surface area (TPSA) is 46.4 Å². The first-order chi connectivity index (χ1) is 12.6. The summed E-state index contributed by atoms with van der Waals surface area (Å²) in [5.41, 5.74) is 6.06. The van der Waals surface area contributed by atoms with E-state index in [-0.39, 0.29) is 5.91 Å². The summed E-state index contributed by atoms with van der Waals surface area (Å²) in [6.07, 6.45) is 4.00. The molecule has 0 fully saturated rings. The van der Waals surface area contributed by atoms with E-state index in [1.54, 1.807) is 0 Å². The van der Waals surface area contributed by atoms with Crippen molar-refractivity contribution in [1.82, 2.24) is 9.38 Å². The maximum Gasteiger partial charge on any atom is 0.256 e. The lowest BCUT2D eigenvalue weighted by Crippen LogP contribution is -2.13. The lowest BCUT2D eigenvalue weighted by molar-refractivity contribution is 0.102. The summed E-state index contributed by atoms with van der Waals surface area (Å²) in [7, 11) is 0. The van der Waals surface area contributed by atoms with Crippen LogP contribution in [0.2, 0.25) is 0 Å². The van der Waals surface area contributed by atoms with Gasteiger partial charge in [-0.2, -0.15) is 0 Å². The molecule has 128 valence electrons. The Morgan fingerprint density at radius 3 is 2.50 bits per heavy atom. The van der Waals surface area contributed by atoms with Gasteiger partial charge in [0, 0.05) is 29.2 Å². The van der Waals surface area contributed by atoms with Crippen molar-refractivity contribution in [2.45, 2.75) is 13.8 Å². The molecule has 2 aromatic heterocycles. The first kappa shape index (κ1) is 16.1. The minimum absolute atomic E-state index is 0.136. The van der Waals surface area contributed by atoms with Gasteiger partial charge in [-0.1, -0.05) is 42.0 Å². The molecule has 4 rings (SSSR count). The smallest absolute Gasteiger partial charge is 0.256 e. The van der Waals surface area contributed by atoms with Gasteiger partial charge in [0.15, 0.2) is 0 Å².